The second kappa shape index (κ2) is 6.83. The Hall–Kier alpha value is -0.720. The van der Waals surface area contributed by atoms with Gasteiger partial charge in [0.2, 0.25) is 0 Å². The van der Waals surface area contributed by atoms with Crippen molar-refractivity contribution in [3.63, 3.8) is 0 Å². The summed E-state index contributed by atoms with van der Waals surface area (Å²) >= 11 is 7.05. The van der Waals surface area contributed by atoms with Crippen LogP contribution in [0, 0.1) is 6.92 Å². The van der Waals surface area contributed by atoms with Gasteiger partial charge in [0, 0.05) is 24.1 Å². The first kappa shape index (κ1) is 15.7. The monoisotopic (exact) mass is 400 g/mol. The molecule has 4 nitrogen and oxygen atoms in total. The number of aryl methyl sites for hydroxylation is 2. The number of hydrogen-bond donors (Lipinski definition) is 1. The average molecular weight is 402 g/mol. The molecule has 2 aromatic rings. The van der Waals surface area contributed by atoms with Gasteiger partial charge in [0.25, 0.3) is 0 Å². The van der Waals surface area contributed by atoms with Crippen LogP contribution in [0.4, 0.5) is 0 Å². The maximum Gasteiger partial charge on any atom is 0.0738 e. The number of likely N-dealkylation sites (N-methyl/N-ethyl adjacent to an activating group) is 1. The zero-order chi connectivity index (χ0) is 14.7. The van der Waals surface area contributed by atoms with Crippen LogP contribution in [0.5, 0.6) is 0 Å². The van der Waals surface area contributed by atoms with Crippen LogP contribution in [0.15, 0.2) is 27.3 Å². The molecule has 1 unspecified atom stereocenters. The van der Waals surface area contributed by atoms with E-state index in [4.69, 9.17) is 0 Å². The summed E-state index contributed by atoms with van der Waals surface area (Å²) in [5, 5.41) is 7.94. The SMILES string of the molecule is CCNC(Cc1c(Br)c(C)nn1C)c1ccc(Br)cn1. The van der Waals surface area contributed by atoms with Crippen LogP contribution in [0.2, 0.25) is 0 Å². The Morgan fingerprint density at radius 1 is 1.35 bits per heavy atom. The summed E-state index contributed by atoms with van der Waals surface area (Å²) in [7, 11) is 1.98. The van der Waals surface area contributed by atoms with Crippen molar-refractivity contribution >= 4 is 31.9 Å². The van der Waals surface area contributed by atoms with Crippen LogP contribution in [-0.2, 0) is 13.5 Å². The van der Waals surface area contributed by atoms with Gasteiger partial charge in [-0.3, -0.25) is 9.67 Å². The minimum Gasteiger partial charge on any atom is -0.309 e. The summed E-state index contributed by atoms with van der Waals surface area (Å²) in [5.41, 5.74) is 3.24. The van der Waals surface area contributed by atoms with Gasteiger partial charge < -0.3 is 5.32 Å². The van der Waals surface area contributed by atoms with E-state index in [-0.39, 0.29) is 6.04 Å². The van der Waals surface area contributed by atoms with Gasteiger partial charge >= 0.3 is 0 Å². The van der Waals surface area contributed by atoms with Gasteiger partial charge in [-0.25, -0.2) is 0 Å². The Morgan fingerprint density at radius 2 is 2.10 bits per heavy atom. The number of pyridine rings is 1. The van der Waals surface area contributed by atoms with Crippen molar-refractivity contribution in [1.82, 2.24) is 20.1 Å². The van der Waals surface area contributed by atoms with E-state index in [0.29, 0.717) is 0 Å². The standard InChI is InChI=1S/C14H18Br2N4/c1-4-17-12(11-6-5-10(15)8-18-11)7-13-14(16)9(2)19-20(13)3/h5-6,8,12,17H,4,7H2,1-3H3. The first-order chi connectivity index (χ1) is 9.52. The van der Waals surface area contributed by atoms with E-state index in [9.17, 15) is 0 Å². The molecular weight excluding hydrogens is 384 g/mol. The smallest absolute Gasteiger partial charge is 0.0738 e. The first-order valence-electron chi connectivity index (χ1n) is 6.55. The average Bonchev–Trinajstić information content (AvgIpc) is 2.65. The molecule has 0 aromatic carbocycles. The van der Waals surface area contributed by atoms with Gasteiger partial charge in [-0.2, -0.15) is 5.10 Å². The highest BCUT2D eigenvalue weighted by Gasteiger charge is 2.18. The fourth-order valence-corrected chi connectivity index (χ4v) is 2.95. The van der Waals surface area contributed by atoms with Gasteiger partial charge in [0.05, 0.1) is 27.6 Å². The molecule has 0 amide bonds. The van der Waals surface area contributed by atoms with Crippen molar-refractivity contribution in [3.8, 4) is 0 Å². The zero-order valence-electron chi connectivity index (χ0n) is 11.8. The van der Waals surface area contributed by atoms with Crippen molar-refractivity contribution < 1.29 is 0 Å². The molecule has 0 bridgehead atoms. The summed E-state index contributed by atoms with van der Waals surface area (Å²) in [6.07, 6.45) is 2.68. The number of rotatable bonds is 5. The van der Waals surface area contributed by atoms with Gasteiger partial charge in [-0.15, -0.1) is 0 Å². The molecule has 2 aromatic heterocycles. The third kappa shape index (κ3) is 3.48. The second-order valence-electron chi connectivity index (χ2n) is 4.69. The Labute approximate surface area is 136 Å². The molecule has 2 heterocycles. The van der Waals surface area contributed by atoms with E-state index in [1.165, 1.54) is 5.69 Å². The Morgan fingerprint density at radius 3 is 2.60 bits per heavy atom. The Balaban J connectivity index is 2.27. The fourth-order valence-electron chi connectivity index (χ4n) is 2.22. The van der Waals surface area contributed by atoms with Crippen LogP contribution in [-0.4, -0.2) is 21.3 Å². The van der Waals surface area contributed by atoms with Crippen molar-refractivity contribution in [2.24, 2.45) is 7.05 Å². The van der Waals surface area contributed by atoms with Crippen molar-refractivity contribution in [2.75, 3.05) is 6.54 Å². The molecule has 0 spiro atoms. The molecule has 0 saturated heterocycles. The minimum atomic E-state index is 0.180. The molecule has 2 rings (SSSR count). The van der Waals surface area contributed by atoms with Gasteiger partial charge in [0.15, 0.2) is 0 Å². The molecule has 6 heteroatoms. The topological polar surface area (TPSA) is 42.7 Å². The molecule has 0 saturated carbocycles. The highest BCUT2D eigenvalue weighted by molar-refractivity contribution is 9.10. The molecule has 1 N–H and O–H groups in total. The molecule has 0 aliphatic heterocycles. The number of aromatic nitrogens is 3. The maximum atomic E-state index is 4.51. The molecular formula is C14H18Br2N4. The third-order valence-electron chi connectivity index (χ3n) is 3.22. The summed E-state index contributed by atoms with van der Waals surface area (Å²) in [6.45, 7) is 5.01. The third-order valence-corrected chi connectivity index (χ3v) is 4.72. The lowest BCUT2D eigenvalue weighted by molar-refractivity contribution is 0.516. The van der Waals surface area contributed by atoms with Crippen LogP contribution in [0.3, 0.4) is 0 Å². The van der Waals surface area contributed by atoms with Crippen molar-refractivity contribution in [3.05, 3.63) is 44.4 Å². The molecule has 0 aliphatic carbocycles. The van der Waals surface area contributed by atoms with E-state index in [1.54, 1.807) is 0 Å². The van der Waals surface area contributed by atoms with E-state index in [2.05, 4.69) is 60.2 Å². The Kier molecular flexibility index (Phi) is 5.35. The van der Waals surface area contributed by atoms with Crippen molar-refractivity contribution in [1.29, 1.82) is 0 Å². The minimum absolute atomic E-state index is 0.180. The lowest BCUT2D eigenvalue weighted by atomic mass is 10.1. The van der Waals surface area contributed by atoms with Crippen LogP contribution >= 0.6 is 31.9 Å². The largest absolute Gasteiger partial charge is 0.309 e. The van der Waals surface area contributed by atoms with Crippen LogP contribution in [0.1, 0.15) is 30.0 Å². The molecule has 0 aliphatic rings. The first-order valence-corrected chi connectivity index (χ1v) is 8.14. The maximum absolute atomic E-state index is 4.51. The summed E-state index contributed by atoms with van der Waals surface area (Å²) in [6, 6.07) is 4.25. The number of halogens is 2. The number of nitrogens with zero attached hydrogens (tertiary/aromatic N) is 3. The van der Waals surface area contributed by atoms with Crippen molar-refractivity contribution in [2.45, 2.75) is 26.3 Å². The summed E-state index contributed by atoms with van der Waals surface area (Å²) in [4.78, 5) is 4.51. The van der Waals surface area contributed by atoms with Gasteiger partial charge in [0.1, 0.15) is 0 Å². The lowest BCUT2D eigenvalue weighted by Crippen LogP contribution is -2.24. The number of nitrogens with one attached hydrogen (secondary N) is 1. The quantitative estimate of drug-likeness (QED) is 0.832. The molecule has 20 heavy (non-hydrogen) atoms. The highest BCUT2D eigenvalue weighted by atomic mass is 79.9. The predicted molar refractivity (Wildman–Crippen MR) is 87.7 cm³/mol. The van der Waals surface area contributed by atoms with E-state index >= 15 is 0 Å². The van der Waals surface area contributed by atoms with E-state index in [0.717, 1.165) is 33.3 Å². The van der Waals surface area contributed by atoms with Gasteiger partial charge in [-0.05, 0) is 57.5 Å². The zero-order valence-corrected chi connectivity index (χ0v) is 15.0. The predicted octanol–water partition coefficient (Wildman–Crippen LogP) is 3.54. The second-order valence-corrected chi connectivity index (χ2v) is 6.39. The molecule has 0 radical (unpaired) electrons. The molecule has 1 atom stereocenters. The summed E-state index contributed by atoms with van der Waals surface area (Å²) < 4.78 is 4.01. The molecule has 0 fully saturated rings. The highest BCUT2D eigenvalue weighted by Crippen LogP contribution is 2.25. The van der Waals surface area contributed by atoms with Crippen LogP contribution in [0.25, 0.3) is 0 Å². The van der Waals surface area contributed by atoms with Crippen LogP contribution < -0.4 is 5.32 Å². The summed E-state index contributed by atoms with van der Waals surface area (Å²) in [5.74, 6) is 0. The van der Waals surface area contributed by atoms with E-state index in [1.807, 2.05) is 30.9 Å². The fraction of sp³-hybridized carbons (Fsp3) is 0.429. The lowest BCUT2D eigenvalue weighted by Gasteiger charge is -2.18. The molecule has 108 valence electrons. The normalized spacial score (nSPS) is 12.7. The van der Waals surface area contributed by atoms with E-state index < -0.39 is 0 Å². The number of hydrogen-bond acceptors (Lipinski definition) is 3. The Bertz CT molecular complexity index is 578. The van der Waals surface area contributed by atoms with Gasteiger partial charge in [-0.1, -0.05) is 6.92 Å².